The van der Waals surface area contributed by atoms with Gasteiger partial charge in [0.25, 0.3) is 0 Å². The first-order valence-electron chi connectivity index (χ1n) is 11.9. The first-order valence-corrected chi connectivity index (χ1v) is 11.9. The lowest BCUT2D eigenvalue weighted by molar-refractivity contribution is -0.123. The lowest BCUT2D eigenvalue weighted by Gasteiger charge is -2.12. The van der Waals surface area contributed by atoms with Crippen LogP contribution in [0.15, 0.2) is 48.5 Å². The van der Waals surface area contributed by atoms with Crippen molar-refractivity contribution in [2.75, 3.05) is 13.2 Å². The van der Waals surface area contributed by atoms with Gasteiger partial charge in [0.15, 0.2) is 0 Å². The Morgan fingerprint density at radius 3 is 2.53 bits per heavy atom. The number of hydrogen-bond acceptors (Lipinski definition) is 3. The number of amides is 1. The molecule has 0 saturated carbocycles. The molecule has 32 heavy (non-hydrogen) atoms. The molecule has 5 nitrogen and oxygen atoms in total. The predicted octanol–water partition coefficient (Wildman–Crippen LogP) is 5.72. The number of carbonyl (C=O) groups is 1. The number of ether oxygens (including phenoxy) is 1. The fourth-order valence-corrected chi connectivity index (χ4v) is 3.77. The molecule has 1 N–H and O–H groups in total. The van der Waals surface area contributed by atoms with Crippen molar-refractivity contribution in [3.63, 3.8) is 0 Å². The number of carbonyl (C=O) groups excluding carboxylic acids is 1. The third kappa shape index (κ3) is 6.35. The van der Waals surface area contributed by atoms with Gasteiger partial charge in [-0.1, -0.05) is 52.0 Å². The molecule has 0 radical (unpaired) electrons. The van der Waals surface area contributed by atoms with E-state index >= 15 is 0 Å². The van der Waals surface area contributed by atoms with Crippen LogP contribution in [0.5, 0.6) is 5.75 Å². The van der Waals surface area contributed by atoms with Gasteiger partial charge in [-0.05, 0) is 55.0 Å². The van der Waals surface area contributed by atoms with Crippen LogP contribution in [0.25, 0.3) is 11.0 Å². The van der Waals surface area contributed by atoms with Crippen molar-refractivity contribution in [2.24, 2.45) is 5.92 Å². The molecule has 0 aliphatic heterocycles. The molecule has 0 aliphatic carbocycles. The van der Waals surface area contributed by atoms with E-state index in [1.807, 2.05) is 19.9 Å². The van der Waals surface area contributed by atoms with Gasteiger partial charge in [0.2, 0.25) is 5.91 Å². The molecule has 0 fully saturated rings. The maximum Gasteiger partial charge on any atom is 0.222 e. The van der Waals surface area contributed by atoms with Crippen molar-refractivity contribution in [1.29, 1.82) is 0 Å². The smallest absolute Gasteiger partial charge is 0.222 e. The minimum atomic E-state index is 0.0193. The van der Waals surface area contributed by atoms with E-state index in [9.17, 15) is 4.79 Å². The number of fused-ring (bicyclic) bond motifs is 1. The van der Waals surface area contributed by atoms with Gasteiger partial charge in [-0.3, -0.25) is 4.79 Å². The summed E-state index contributed by atoms with van der Waals surface area (Å²) in [6.07, 6.45) is 3.77. The van der Waals surface area contributed by atoms with Crippen LogP contribution >= 0.6 is 0 Å². The maximum atomic E-state index is 11.8. The molecule has 0 saturated heterocycles. The highest BCUT2D eigenvalue weighted by atomic mass is 16.5. The zero-order valence-corrected chi connectivity index (χ0v) is 19.9. The van der Waals surface area contributed by atoms with Gasteiger partial charge in [-0.25, -0.2) is 4.98 Å². The van der Waals surface area contributed by atoms with Crippen LogP contribution in [0.3, 0.4) is 0 Å². The number of rotatable bonds is 12. The van der Waals surface area contributed by atoms with Crippen molar-refractivity contribution in [2.45, 2.75) is 65.8 Å². The lowest BCUT2D eigenvalue weighted by Crippen LogP contribution is -2.28. The highest BCUT2D eigenvalue weighted by molar-refractivity contribution is 5.77. The summed E-state index contributed by atoms with van der Waals surface area (Å²) >= 11 is 0. The minimum Gasteiger partial charge on any atom is -0.494 e. The number of imidazole rings is 1. The van der Waals surface area contributed by atoms with Gasteiger partial charge >= 0.3 is 0 Å². The van der Waals surface area contributed by atoms with Crippen LogP contribution in [-0.2, 0) is 17.8 Å². The van der Waals surface area contributed by atoms with Crippen molar-refractivity contribution < 1.29 is 9.53 Å². The van der Waals surface area contributed by atoms with Crippen LogP contribution in [0.1, 0.15) is 64.3 Å². The van der Waals surface area contributed by atoms with E-state index in [0.717, 1.165) is 54.8 Å². The zero-order valence-electron chi connectivity index (χ0n) is 19.9. The molecule has 5 heteroatoms. The van der Waals surface area contributed by atoms with E-state index in [-0.39, 0.29) is 11.8 Å². The fourth-order valence-electron chi connectivity index (χ4n) is 3.77. The molecule has 0 bridgehead atoms. The Morgan fingerprint density at radius 1 is 1.06 bits per heavy atom. The number of aryl methyl sites for hydroxylation is 2. The standard InChI is InChI=1S/C27H37N3O2/c1-5-21(4)22-13-15-23(16-14-22)32-19-9-18-30-25-11-7-6-10-24(25)29-26(30)12-8-17-28-27(31)20(2)3/h6-7,10-11,13-16,20-21H,5,8-9,12,17-19H2,1-4H3,(H,28,31). The van der Waals surface area contributed by atoms with Crippen molar-refractivity contribution >= 4 is 16.9 Å². The molecule has 2 aromatic carbocycles. The van der Waals surface area contributed by atoms with Gasteiger partial charge in [0, 0.05) is 25.4 Å². The Bertz CT molecular complexity index is 992. The Kier molecular flexibility index (Phi) is 8.72. The van der Waals surface area contributed by atoms with Crippen LogP contribution in [0.4, 0.5) is 0 Å². The number of nitrogens with one attached hydrogen (secondary N) is 1. The summed E-state index contributed by atoms with van der Waals surface area (Å²) in [6.45, 7) is 10.5. The highest BCUT2D eigenvalue weighted by Crippen LogP contribution is 2.22. The number of nitrogens with zero attached hydrogens (tertiary/aromatic N) is 2. The summed E-state index contributed by atoms with van der Waals surface area (Å²) in [5.41, 5.74) is 3.54. The molecule has 0 aliphatic rings. The average molecular weight is 436 g/mol. The van der Waals surface area contributed by atoms with E-state index in [4.69, 9.17) is 9.72 Å². The predicted molar refractivity (Wildman–Crippen MR) is 131 cm³/mol. The summed E-state index contributed by atoms with van der Waals surface area (Å²) < 4.78 is 8.29. The molecular weight excluding hydrogens is 398 g/mol. The van der Waals surface area contributed by atoms with E-state index in [1.54, 1.807) is 0 Å². The van der Waals surface area contributed by atoms with Gasteiger partial charge in [-0.2, -0.15) is 0 Å². The normalized spacial score (nSPS) is 12.3. The van der Waals surface area contributed by atoms with Crippen molar-refractivity contribution in [1.82, 2.24) is 14.9 Å². The Balaban J connectivity index is 1.55. The second kappa shape index (κ2) is 11.7. The van der Waals surface area contributed by atoms with Crippen molar-refractivity contribution in [3.05, 3.63) is 59.9 Å². The average Bonchev–Trinajstić information content (AvgIpc) is 3.16. The molecule has 0 spiro atoms. The Morgan fingerprint density at radius 2 is 1.81 bits per heavy atom. The number of para-hydroxylation sites is 2. The largest absolute Gasteiger partial charge is 0.494 e. The first-order chi connectivity index (χ1) is 15.5. The lowest BCUT2D eigenvalue weighted by atomic mass is 9.99. The minimum absolute atomic E-state index is 0.0193. The zero-order chi connectivity index (χ0) is 22.9. The summed E-state index contributed by atoms with van der Waals surface area (Å²) in [4.78, 5) is 16.6. The number of benzene rings is 2. The van der Waals surface area contributed by atoms with Gasteiger partial charge in [0.05, 0.1) is 17.6 Å². The fraction of sp³-hybridized carbons (Fsp3) is 0.481. The highest BCUT2D eigenvalue weighted by Gasteiger charge is 2.11. The quantitative estimate of drug-likeness (QED) is 0.370. The topological polar surface area (TPSA) is 56.1 Å². The maximum absolute atomic E-state index is 11.8. The van der Waals surface area contributed by atoms with E-state index in [1.165, 1.54) is 5.56 Å². The second-order valence-electron chi connectivity index (χ2n) is 8.80. The summed E-state index contributed by atoms with van der Waals surface area (Å²) in [5.74, 6) is 2.70. The molecule has 1 unspecified atom stereocenters. The second-order valence-corrected chi connectivity index (χ2v) is 8.80. The summed E-state index contributed by atoms with van der Waals surface area (Å²) in [6, 6.07) is 16.8. The number of aromatic nitrogens is 2. The van der Waals surface area contributed by atoms with Crippen LogP contribution in [0.2, 0.25) is 0 Å². The third-order valence-electron chi connectivity index (χ3n) is 5.99. The molecule has 3 aromatic rings. The van der Waals surface area contributed by atoms with Gasteiger partial charge < -0.3 is 14.6 Å². The van der Waals surface area contributed by atoms with Gasteiger partial charge in [-0.15, -0.1) is 0 Å². The summed E-state index contributed by atoms with van der Waals surface area (Å²) in [5, 5.41) is 2.99. The summed E-state index contributed by atoms with van der Waals surface area (Å²) in [7, 11) is 0. The molecule has 3 rings (SSSR count). The molecule has 1 aromatic heterocycles. The monoisotopic (exact) mass is 435 g/mol. The molecule has 1 heterocycles. The molecule has 1 amide bonds. The van der Waals surface area contributed by atoms with Crippen molar-refractivity contribution in [3.8, 4) is 5.75 Å². The Labute approximate surface area is 192 Å². The van der Waals surface area contributed by atoms with Crippen LogP contribution in [-0.4, -0.2) is 28.6 Å². The van der Waals surface area contributed by atoms with E-state index in [0.29, 0.717) is 19.1 Å². The molecule has 172 valence electrons. The number of hydrogen-bond donors (Lipinski definition) is 1. The molecular formula is C27H37N3O2. The van der Waals surface area contributed by atoms with Gasteiger partial charge in [0.1, 0.15) is 11.6 Å². The SMILES string of the molecule is CCC(C)c1ccc(OCCCn2c(CCCNC(=O)C(C)C)nc3ccccc32)cc1. The Hall–Kier alpha value is -2.82. The van der Waals surface area contributed by atoms with E-state index in [2.05, 4.69) is 66.2 Å². The van der Waals surface area contributed by atoms with E-state index < -0.39 is 0 Å². The third-order valence-corrected chi connectivity index (χ3v) is 5.99. The molecule has 1 atom stereocenters. The van der Waals surface area contributed by atoms with Crippen LogP contribution in [0, 0.1) is 5.92 Å². The van der Waals surface area contributed by atoms with Crippen LogP contribution < -0.4 is 10.1 Å². The first kappa shape index (κ1) is 23.8.